The van der Waals surface area contributed by atoms with E-state index in [9.17, 15) is 9.59 Å². The Morgan fingerprint density at radius 2 is 2.00 bits per heavy atom. The van der Waals surface area contributed by atoms with E-state index < -0.39 is 0 Å². The van der Waals surface area contributed by atoms with Gasteiger partial charge in [-0.1, -0.05) is 36.4 Å². The lowest BCUT2D eigenvalue weighted by molar-refractivity contribution is -0.121. The number of amides is 2. The van der Waals surface area contributed by atoms with E-state index in [4.69, 9.17) is 4.74 Å². The molecule has 3 rings (SSSR count). The van der Waals surface area contributed by atoms with Gasteiger partial charge in [0.05, 0.1) is 12.4 Å². The Balaban J connectivity index is 1.43. The van der Waals surface area contributed by atoms with E-state index in [2.05, 4.69) is 10.6 Å². The second kappa shape index (κ2) is 9.46. The summed E-state index contributed by atoms with van der Waals surface area (Å²) >= 11 is 1.55. The molecule has 6 heteroatoms. The minimum atomic E-state index is -0.126. The van der Waals surface area contributed by atoms with Gasteiger partial charge in [0, 0.05) is 30.0 Å². The predicted molar refractivity (Wildman–Crippen MR) is 109 cm³/mol. The highest BCUT2D eigenvalue weighted by molar-refractivity contribution is 8.00. The van der Waals surface area contributed by atoms with Gasteiger partial charge in [0.2, 0.25) is 11.8 Å². The second-order valence-corrected chi connectivity index (χ2v) is 7.69. The molecule has 2 N–H and O–H groups in total. The lowest BCUT2D eigenvalue weighted by Crippen LogP contribution is -2.26. The molecule has 0 saturated heterocycles. The minimum Gasteiger partial charge on any atom is -0.496 e. The average Bonchev–Trinajstić information content (AvgIpc) is 2.85. The number of methoxy groups -OCH3 is 1. The average molecular weight is 385 g/mol. The van der Waals surface area contributed by atoms with Crippen molar-refractivity contribution in [2.24, 2.45) is 0 Å². The van der Waals surface area contributed by atoms with E-state index in [1.165, 1.54) is 5.56 Å². The van der Waals surface area contributed by atoms with Gasteiger partial charge in [-0.15, -0.1) is 11.8 Å². The zero-order valence-corrected chi connectivity index (χ0v) is 16.2. The van der Waals surface area contributed by atoms with Crippen LogP contribution >= 0.6 is 11.8 Å². The second-order valence-electron chi connectivity index (χ2n) is 6.38. The Kier molecular flexibility index (Phi) is 6.76. The molecule has 2 aromatic rings. The third-order valence-electron chi connectivity index (χ3n) is 4.56. The summed E-state index contributed by atoms with van der Waals surface area (Å²) in [6, 6.07) is 15.5. The standard InChI is InChI=1S/C21H24N2O3S/c1-26-18-9-5-3-7-16(18)14-22-20(24)12-13-27-19-11-10-15-6-2-4-8-17(15)23-21(19)25/h2-9,19H,10-14H2,1H3,(H,22,24)(H,23,25)/t19-/m1/s1. The van der Waals surface area contributed by atoms with Gasteiger partial charge < -0.3 is 15.4 Å². The highest BCUT2D eigenvalue weighted by Crippen LogP contribution is 2.27. The maximum absolute atomic E-state index is 12.4. The number of ether oxygens (including phenoxy) is 1. The van der Waals surface area contributed by atoms with Gasteiger partial charge in [0.25, 0.3) is 0 Å². The van der Waals surface area contributed by atoms with Crippen LogP contribution in [-0.4, -0.2) is 29.9 Å². The highest BCUT2D eigenvalue weighted by Gasteiger charge is 2.23. The molecule has 2 amide bonds. The van der Waals surface area contributed by atoms with E-state index in [1.54, 1.807) is 18.9 Å². The molecule has 5 nitrogen and oxygen atoms in total. The van der Waals surface area contributed by atoms with Crippen LogP contribution < -0.4 is 15.4 Å². The van der Waals surface area contributed by atoms with Crippen molar-refractivity contribution in [3.8, 4) is 5.75 Å². The fourth-order valence-electron chi connectivity index (χ4n) is 3.08. The van der Waals surface area contributed by atoms with Crippen molar-refractivity contribution in [1.82, 2.24) is 5.32 Å². The summed E-state index contributed by atoms with van der Waals surface area (Å²) in [7, 11) is 1.62. The number of rotatable bonds is 7. The number of para-hydroxylation sites is 2. The van der Waals surface area contributed by atoms with Crippen LogP contribution in [0.1, 0.15) is 24.0 Å². The van der Waals surface area contributed by atoms with Crippen molar-refractivity contribution in [3.63, 3.8) is 0 Å². The maximum atomic E-state index is 12.4. The van der Waals surface area contributed by atoms with Crippen molar-refractivity contribution in [1.29, 1.82) is 0 Å². The molecule has 0 radical (unpaired) electrons. The van der Waals surface area contributed by atoms with Crippen LogP contribution in [-0.2, 0) is 22.6 Å². The summed E-state index contributed by atoms with van der Waals surface area (Å²) in [5, 5.41) is 5.79. The quantitative estimate of drug-likeness (QED) is 0.768. The Morgan fingerprint density at radius 1 is 1.22 bits per heavy atom. The summed E-state index contributed by atoms with van der Waals surface area (Å²) in [5.74, 6) is 1.39. The van der Waals surface area contributed by atoms with Gasteiger partial charge >= 0.3 is 0 Å². The van der Waals surface area contributed by atoms with E-state index in [-0.39, 0.29) is 17.1 Å². The number of thioether (sulfide) groups is 1. The summed E-state index contributed by atoms with van der Waals surface area (Å²) in [4.78, 5) is 24.5. The normalized spacial score (nSPS) is 16.0. The number of carbonyl (C=O) groups is 2. The van der Waals surface area contributed by atoms with Crippen molar-refractivity contribution in [3.05, 3.63) is 59.7 Å². The first-order valence-electron chi connectivity index (χ1n) is 9.06. The van der Waals surface area contributed by atoms with Crippen LogP contribution in [0.3, 0.4) is 0 Å². The zero-order valence-electron chi connectivity index (χ0n) is 15.4. The van der Waals surface area contributed by atoms with E-state index in [0.717, 1.165) is 29.8 Å². The Morgan fingerprint density at radius 3 is 2.85 bits per heavy atom. The van der Waals surface area contributed by atoms with Crippen molar-refractivity contribution in [2.45, 2.75) is 31.1 Å². The first kappa shape index (κ1) is 19.3. The van der Waals surface area contributed by atoms with Crippen LogP contribution in [0.25, 0.3) is 0 Å². The summed E-state index contributed by atoms with van der Waals surface area (Å²) in [5.41, 5.74) is 3.02. The number of anilines is 1. The molecule has 142 valence electrons. The molecular formula is C21H24N2O3S. The smallest absolute Gasteiger partial charge is 0.237 e. The predicted octanol–water partition coefficient (Wildman–Crippen LogP) is 3.39. The van der Waals surface area contributed by atoms with Crippen LogP contribution in [0, 0.1) is 0 Å². The van der Waals surface area contributed by atoms with Crippen LogP contribution in [0.5, 0.6) is 5.75 Å². The number of benzene rings is 2. The van der Waals surface area contributed by atoms with Gasteiger partial charge in [-0.3, -0.25) is 9.59 Å². The number of carbonyl (C=O) groups excluding carboxylic acids is 2. The molecule has 0 aromatic heterocycles. The minimum absolute atomic E-state index is 0.0225. The number of hydrogen-bond donors (Lipinski definition) is 2. The Labute approximate surface area is 163 Å². The van der Waals surface area contributed by atoms with Gasteiger partial charge in [-0.25, -0.2) is 0 Å². The van der Waals surface area contributed by atoms with Gasteiger partial charge in [0.1, 0.15) is 5.75 Å². The highest BCUT2D eigenvalue weighted by atomic mass is 32.2. The zero-order chi connectivity index (χ0) is 19.1. The van der Waals surface area contributed by atoms with Crippen LogP contribution in [0.15, 0.2) is 48.5 Å². The van der Waals surface area contributed by atoms with Gasteiger partial charge in [0.15, 0.2) is 0 Å². The van der Waals surface area contributed by atoms with E-state index >= 15 is 0 Å². The molecule has 0 spiro atoms. The fraction of sp³-hybridized carbons (Fsp3) is 0.333. The lowest BCUT2D eigenvalue weighted by Gasteiger charge is -2.13. The maximum Gasteiger partial charge on any atom is 0.237 e. The number of aryl methyl sites for hydroxylation is 1. The molecule has 0 saturated carbocycles. The van der Waals surface area contributed by atoms with Crippen LogP contribution in [0.4, 0.5) is 5.69 Å². The third kappa shape index (κ3) is 5.26. The van der Waals surface area contributed by atoms with Gasteiger partial charge in [-0.2, -0.15) is 0 Å². The Hall–Kier alpha value is -2.47. The third-order valence-corrected chi connectivity index (χ3v) is 5.85. The van der Waals surface area contributed by atoms with Gasteiger partial charge in [-0.05, 0) is 30.5 Å². The Bertz CT molecular complexity index is 810. The van der Waals surface area contributed by atoms with Crippen molar-refractivity contribution >= 4 is 29.3 Å². The fourth-order valence-corrected chi connectivity index (χ4v) is 4.16. The molecule has 0 fully saturated rings. The molecule has 1 atom stereocenters. The molecule has 0 aliphatic carbocycles. The summed E-state index contributed by atoms with van der Waals surface area (Å²) < 4.78 is 5.29. The van der Waals surface area contributed by atoms with E-state index in [1.807, 2.05) is 48.5 Å². The molecule has 0 bridgehead atoms. The molecule has 0 unspecified atom stereocenters. The summed E-state index contributed by atoms with van der Waals surface area (Å²) in [6.45, 7) is 0.437. The first-order valence-corrected chi connectivity index (χ1v) is 10.1. The molecule has 1 heterocycles. The SMILES string of the molecule is COc1ccccc1CNC(=O)CCS[C@@H]1CCc2ccccc2NC1=O. The van der Waals surface area contributed by atoms with Crippen molar-refractivity contribution in [2.75, 3.05) is 18.2 Å². The number of hydrogen-bond acceptors (Lipinski definition) is 4. The summed E-state index contributed by atoms with van der Waals surface area (Å²) in [6.07, 6.45) is 2.04. The molecule has 1 aliphatic rings. The molecule has 27 heavy (non-hydrogen) atoms. The molecular weight excluding hydrogens is 360 g/mol. The first-order chi connectivity index (χ1) is 13.2. The lowest BCUT2D eigenvalue weighted by atomic mass is 10.1. The van der Waals surface area contributed by atoms with Crippen LogP contribution in [0.2, 0.25) is 0 Å². The number of nitrogens with one attached hydrogen (secondary N) is 2. The molecule has 1 aliphatic heterocycles. The topological polar surface area (TPSA) is 67.4 Å². The van der Waals surface area contributed by atoms with E-state index in [0.29, 0.717) is 18.7 Å². The largest absolute Gasteiger partial charge is 0.496 e. The monoisotopic (exact) mass is 384 g/mol. The number of fused-ring (bicyclic) bond motifs is 1. The molecule has 2 aromatic carbocycles. The van der Waals surface area contributed by atoms with Crippen molar-refractivity contribution < 1.29 is 14.3 Å².